The molecule has 0 fully saturated rings. The van der Waals surface area contributed by atoms with Crippen LogP contribution in [-0.2, 0) is 0 Å². The lowest BCUT2D eigenvalue weighted by molar-refractivity contribution is 0.415. The van der Waals surface area contributed by atoms with E-state index in [0.29, 0.717) is 11.7 Å². The van der Waals surface area contributed by atoms with E-state index in [9.17, 15) is 0 Å². The minimum absolute atomic E-state index is 0.544. The summed E-state index contributed by atoms with van der Waals surface area (Å²) >= 11 is 0. The highest BCUT2D eigenvalue weighted by atomic mass is 16.5. The monoisotopic (exact) mass is 328 g/mol. The Morgan fingerprint density at radius 3 is 2.16 bits per heavy atom. The molecule has 0 unspecified atom stereocenters. The molecule has 1 aromatic heterocycles. The van der Waals surface area contributed by atoms with E-state index in [1.54, 1.807) is 7.11 Å². The third-order valence-electron chi connectivity index (χ3n) is 3.87. The zero-order valence-electron chi connectivity index (χ0n) is 13.7. The highest BCUT2D eigenvalue weighted by Crippen LogP contribution is 2.30. The van der Waals surface area contributed by atoms with Crippen LogP contribution in [0.25, 0.3) is 22.3 Å². The fraction of sp³-hybridized carbons (Fsp3) is 0.0476. The van der Waals surface area contributed by atoms with Gasteiger partial charge in [0.25, 0.3) is 0 Å². The summed E-state index contributed by atoms with van der Waals surface area (Å²) in [4.78, 5) is 9.32. The number of aromatic nitrogens is 2. The van der Waals surface area contributed by atoms with Crippen molar-refractivity contribution in [1.29, 1.82) is 0 Å². The molecule has 4 heteroatoms. The lowest BCUT2D eigenvalue weighted by atomic mass is 10.2. The van der Waals surface area contributed by atoms with E-state index in [4.69, 9.17) is 9.47 Å². The third kappa shape index (κ3) is 3.15. The fourth-order valence-electron chi connectivity index (χ4n) is 2.59. The molecular formula is C21H16N2O2. The summed E-state index contributed by atoms with van der Waals surface area (Å²) in [5.74, 6) is 2.70. The first-order valence-electron chi connectivity index (χ1n) is 7.97. The number of hydrogen-bond acceptors (Lipinski definition) is 4. The summed E-state index contributed by atoms with van der Waals surface area (Å²) < 4.78 is 11.2. The van der Waals surface area contributed by atoms with E-state index in [2.05, 4.69) is 9.97 Å². The van der Waals surface area contributed by atoms with Crippen LogP contribution in [-0.4, -0.2) is 17.1 Å². The molecule has 0 aliphatic carbocycles. The van der Waals surface area contributed by atoms with Crippen molar-refractivity contribution >= 4 is 10.9 Å². The van der Waals surface area contributed by atoms with E-state index in [0.717, 1.165) is 28.0 Å². The van der Waals surface area contributed by atoms with Gasteiger partial charge in [0, 0.05) is 5.56 Å². The predicted octanol–water partition coefficient (Wildman–Crippen LogP) is 5.10. The Morgan fingerprint density at radius 2 is 1.40 bits per heavy atom. The Labute approximate surface area is 145 Å². The second-order valence-electron chi connectivity index (χ2n) is 5.51. The normalized spacial score (nSPS) is 10.6. The number of nitrogens with zero attached hydrogens (tertiary/aromatic N) is 2. The van der Waals surface area contributed by atoms with E-state index < -0.39 is 0 Å². The zero-order chi connectivity index (χ0) is 17.1. The average Bonchev–Trinajstić information content (AvgIpc) is 2.69. The van der Waals surface area contributed by atoms with Crippen LogP contribution in [0.2, 0.25) is 0 Å². The molecule has 0 radical (unpaired) electrons. The number of para-hydroxylation sites is 2. The minimum atomic E-state index is 0.544. The van der Waals surface area contributed by atoms with E-state index in [1.165, 1.54) is 0 Å². The van der Waals surface area contributed by atoms with Crippen molar-refractivity contribution in [2.45, 2.75) is 0 Å². The Hall–Kier alpha value is -3.40. The second-order valence-corrected chi connectivity index (χ2v) is 5.51. The molecule has 0 saturated heterocycles. The molecule has 122 valence electrons. The quantitative estimate of drug-likeness (QED) is 0.523. The van der Waals surface area contributed by atoms with Crippen LogP contribution in [0, 0.1) is 0 Å². The number of benzene rings is 3. The first-order chi connectivity index (χ1) is 12.3. The van der Waals surface area contributed by atoms with Crippen molar-refractivity contribution in [3.63, 3.8) is 0 Å². The van der Waals surface area contributed by atoms with Crippen molar-refractivity contribution in [3.8, 4) is 28.8 Å². The Morgan fingerprint density at radius 1 is 0.680 bits per heavy atom. The second kappa shape index (κ2) is 6.61. The van der Waals surface area contributed by atoms with E-state index in [1.807, 2.05) is 78.9 Å². The maximum absolute atomic E-state index is 6.02. The summed E-state index contributed by atoms with van der Waals surface area (Å²) in [6.07, 6.45) is 0. The fourth-order valence-corrected chi connectivity index (χ4v) is 2.59. The molecule has 0 aliphatic heterocycles. The maximum Gasteiger partial charge on any atom is 0.230 e. The molecule has 25 heavy (non-hydrogen) atoms. The van der Waals surface area contributed by atoms with Gasteiger partial charge < -0.3 is 9.47 Å². The van der Waals surface area contributed by atoms with E-state index in [-0.39, 0.29) is 0 Å². The molecule has 4 aromatic rings. The Balaban J connectivity index is 1.82. The Kier molecular flexibility index (Phi) is 4.01. The van der Waals surface area contributed by atoms with Gasteiger partial charge in [0.15, 0.2) is 5.82 Å². The molecular weight excluding hydrogens is 312 g/mol. The molecule has 0 atom stereocenters. The van der Waals surface area contributed by atoms with Gasteiger partial charge in [-0.1, -0.05) is 30.3 Å². The maximum atomic E-state index is 6.02. The predicted molar refractivity (Wildman–Crippen MR) is 98.0 cm³/mol. The Bertz CT molecular complexity index is 999. The summed E-state index contributed by atoms with van der Waals surface area (Å²) in [6, 6.07) is 25.1. The molecule has 3 aromatic carbocycles. The lowest BCUT2D eigenvalue weighted by Crippen LogP contribution is -1.96. The van der Waals surface area contributed by atoms with Gasteiger partial charge in [-0.2, -0.15) is 4.98 Å². The zero-order valence-corrected chi connectivity index (χ0v) is 13.7. The van der Waals surface area contributed by atoms with Crippen LogP contribution in [0.1, 0.15) is 0 Å². The smallest absolute Gasteiger partial charge is 0.230 e. The standard InChI is InChI=1S/C21H16N2O2/c1-24-16-13-11-15(12-14-16)20-22-19-10-6-5-9-18(19)21(23-20)25-17-7-3-2-4-8-17/h2-14H,1H3. The lowest BCUT2D eigenvalue weighted by Gasteiger charge is -2.10. The van der Waals surface area contributed by atoms with Crippen LogP contribution in [0.5, 0.6) is 17.4 Å². The minimum Gasteiger partial charge on any atom is -0.497 e. The SMILES string of the molecule is COc1ccc(-c2nc(Oc3ccccc3)c3ccccc3n2)cc1. The molecule has 0 spiro atoms. The van der Waals surface area contributed by atoms with Crippen molar-refractivity contribution in [1.82, 2.24) is 9.97 Å². The summed E-state index contributed by atoms with van der Waals surface area (Å²) in [5, 5.41) is 0.878. The molecule has 0 aliphatic rings. The van der Waals surface area contributed by atoms with Crippen LogP contribution < -0.4 is 9.47 Å². The molecule has 0 saturated carbocycles. The molecule has 0 bridgehead atoms. The number of fused-ring (bicyclic) bond motifs is 1. The van der Waals surface area contributed by atoms with Gasteiger partial charge in [0.2, 0.25) is 5.88 Å². The van der Waals surface area contributed by atoms with Gasteiger partial charge in [-0.05, 0) is 48.5 Å². The topological polar surface area (TPSA) is 44.2 Å². The molecule has 4 nitrogen and oxygen atoms in total. The number of ether oxygens (including phenoxy) is 2. The number of rotatable bonds is 4. The average molecular weight is 328 g/mol. The van der Waals surface area contributed by atoms with Gasteiger partial charge in [-0.3, -0.25) is 0 Å². The van der Waals surface area contributed by atoms with Gasteiger partial charge in [0.1, 0.15) is 11.5 Å². The van der Waals surface area contributed by atoms with Crippen LogP contribution >= 0.6 is 0 Å². The van der Waals surface area contributed by atoms with Crippen molar-refractivity contribution in [3.05, 3.63) is 78.9 Å². The molecule has 1 heterocycles. The highest BCUT2D eigenvalue weighted by molar-refractivity contribution is 5.85. The first kappa shape index (κ1) is 15.1. The van der Waals surface area contributed by atoms with Crippen molar-refractivity contribution < 1.29 is 9.47 Å². The summed E-state index contributed by atoms with van der Waals surface area (Å²) in [7, 11) is 1.65. The van der Waals surface area contributed by atoms with Gasteiger partial charge >= 0.3 is 0 Å². The van der Waals surface area contributed by atoms with Crippen LogP contribution in [0.4, 0.5) is 0 Å². The van der Waals surface area contributed by atoms with Gasteiger partial charge in [-0.25, -0.2) is 4.98 Å². The molecule has 0 amide bonds. The molecule has 0 N–H and O–H groups in total. The summed E-state index contributed by atoms with van der Waals surface area (Å²) in [5.41, 5.74) is 1.75. The first-order valence-corrected chi connectivity index (χ1v) is 7.97. The van der Waals surface area contributed by atoms with Gasteiger partial charge in [-0.15, -0.1) is 0 Å². The number of methoxy groups -OCH3 is 1. The van der Waals surface area contributed by atoms with Gasteiger partial charge in [0.05, 0.1) is 18.0 Å². The summed E-state index contributed by atoms with van der Waals surface area (Å²) in [6.45, 7) is 0. The third-order valence-corrected chi connectivity index (χ3v) is 3.87. The highest BCUT2D eigenvalue weighted by Gasteiger charge is 2.11. The van der Waals surface area contributed by atoms with Crippen molar-refractivity contribution in [2.75, 3.05) is 7.11 Å². The molecule has 4 rings (SSSR count). The van der Waals surface area contributed by atoms with Crippen LogP contribution in [0.15, 0.2) is 78.9 Å². The van der Waals surface area contributed by atoms with Crippen molar-refractivity contribution in [2.24, 2.45) is 0 Å². The van der Waals surface area contributed by atoms with Crippen LogP contribution in [0.3, 0.4) is 0 Å². The van der Waals surface area contributed by atoms with E-state index >= 15 is 0 Å². The largest absolute Gasteiger partial charge is 0.497 e. The number of hydrogen-bond donors (Lipinski definition) is 0.